The minimum Gasteiger partial charge on any atom is -0.275 e. The molecule has 0 atom stereocenters. The molecule has 0 aromatic heterocycles. The Morgan fingerprint density at radius 2 is 1.79 bits per heavy atom. The molecule has 0 aliphatic rings. The molecule has 0 heterocycles. The van der Waals surface area contributed by atoms with Crippen molar-refractivity contribution in [1.29, 1.82) is 0 Å². The first-order valence-electron chi connectivity index (χ1n) is 5.31. The lowest BCUT2D eigenvalue weighted by Gasteiger charge is -2.20. The van der Waals surface area contributed by atoms with Crippen LogP contribution in [0.2, 0.25) is 0 Å². The average Bonchev–Trinajstić information content (AvgIpc) is 2.38. The zero-order valence-corrected chi connectivity index (χ0v) is 11.6. The third-order valence-electron chi connectivity index (χ3n) is 2.50. The third kappa shape index (κ3) is 3.72. The van der Waals surface area contributed by atoms with Crippen LogP contribution in [0.4, 0.5) is 4.39 Å². The van der Waals surface area contributed by atoms with E-state index in [1.165, 1.54) is 21.2 Å². The van der Waals surface area contributed by atoms with Gasteiger partial charge in [-0.3, -0.25) is 9.63 Å². The normalized spacial score (nSPS) is 11.6. The van der Waals surface area contributed by atoms with E-state index in [2.05, 4.69) is 4.84 Å². The predicted molar refractivity (Wildman–Crippen MR) is 66.0 cm³/mol. The number of carbonyl (C=O) groups is 1. The molecule has 1 amide bonds. The van der Waals surface area contributed by atoms with Gasteiger partial charge in [0.1, 0.15) is 5.82 Å². The molecule has 6 nitrogen and oxygen atoms in total. The van der Waals surface area contributed by atoms with E-state index in [1.54, 1.807) is 0 Å². The number of hydrogen-bond acceptors (Lipinski definition) is 4. The monoisotopic (exact) mass is 290 g/mol. The van der Waals surface area contributed by atoms with Crippen LogP contribution < -0.4 is 0 Å². The van der Waals surface area contributed by atoms with Crippen LogP contribution in [-0.2, 0) is 19.7 Å². The smallest absolute Gasteiger partial charge is 0.261 e. The molecule has 1 aromatic rings. The first-order chi connectivity index (χ1) is 8.78. The van der Waals surface area contributed by atoms with Gasteiger partial charge in [-0.05, 0) is 24.3 Å². The Labute approximate surface area is 111 Å². The van der Waals surface area contributed by atoms with Crippen molar-refractivity contribution in [3.63, 3.8) is 0 Å². The van der Waals surface area contributed by atoms with E-state index in [0.717, 1.165) is 33.6 Å². The Morgan fingerprint density at radius 1 is 1.26 bits per heavy atom. The molecule has 0 spiro atoms. The molecule has 0 bridgehead atoms. The number of amides is 1. The van der Waals surface area contributed by atoms with Crippen molar-refractivity contribution in [1.82, 2.24) is 9.37 Å². The van der Waals surface area contributed by atoms with Crippen LogP contribution in [0.25, 0.3) is 0 Å². The maximum atomic E-state index is 12.8. The first-order valence-corrected chi connectivity index (χ1v) is 6.75. The van der Waals surface area contributed by atoms with Gasteiger partial charge in [0, 0.05) is 14.1 Å². The highest BCUT2D eigenvalue weighted by Crippen LogP contribution is 2.14. The first kappa shape index (κ1) is 15.5. The summed E-state index contributed by atoms with van der Waals surface area (Å²) in [4.78, 5) is 16.1. The molecule has 0 aliphatic heterocycles. The molecule has 1 aromatic carbocycles. The van der Waals surface area contributed by atoms with Gasteiger partial charge >= 0.3 is 0 Å². The number of nitrogens with zero attached hydrogens (tertiary/aromatic N) is 2. The molecule has 0 fully saturated rings. The van der Waals surface area contributed by atoms with E-state index in [1.807, 2.05) is 0 Å². The highest BCUT2D eigenvalue weighted by atomic mass is 32.2. The van der Waals surface area contributed by atoms with Gasteiger partial charge in [0.05, 0.1) is 18.6 Å². The van der Waals surface area contributed by atoms with Gasteiger partial charge in [0.25, 0.3) is 5.91 Å². The number of hydroxylamine groups is 2. The van der Waals surface area contributed by atoms with Crippen LogP contribution in [0.3, 0.4) is 0 Å². The number of sulfonamides is 1. The Morgan fingerprint density at radius 3 is 2.26 bits per heavy atom. The number of rotatable bonds is 5. The minimum atomic E-state index is -3.83. The second-order valence-corrected chi connectivity index (χ2v) is 5.83. The number of hydrogen-bond donors (Lipinski definition) is 0. The summed E-state index contributed by atoms with van der Waals surface area (Å²) >= 11 is 0. The van der Waals surface area contributed by atoms with Crippen LogP contribution in [-0.4, -0.2) is 51.4 Å². The summed E-state index contributed by atoms with van der Waals surface area (Å²) in [7, 11) is 0.109. The Balaban J connectivity index is 2.88. The van der Waals surface area contributed by atoms with Gasteiger partial charge in [-0.25, -0.2) is 17.9 Å². The number of carbonyl (C=O) groups excluding carboxylic acids is 1. The molecule has 106 valence electrons. The van der Waals surface area contributed by atoms with Crippen molar-refractivity contribution >= 4 is 15.9 Å². The molecular formula is C11H15FN2O4S. The van der Waals surface area contributed by atoms with E-state index in [0.29, 0.717) is 0 Å². The fourth-order valence-electron chi connectivity index (χ4n) is 1.26. The van der Waals surface area contributed by atoms with E-state index in [-0.39, 0.29) is 11.4 Å². The van der Waals surface area contributed by atoms with Gasteiger partial charge in [0.2, 0.25) is 10.0 Å². The van der Waals surface area contributed by atoms with Crippen LogP contribution in [0.1, 0.15) is 0 Å². The van der Waals surface area contributed by atoms with Gasteiger partial charge in [-0.1, -0.05) is 0 Å². The SMILES string of the molecule is CON(C)C(=O)CN(C)S(=O)(=O)c1ccc(F)cc1. The van der Waals surface area contributed by atoms with Crippen LogP contribution in [0, 0.1) is 5.82 Å². The third-order valence-corrected chi connectivity index (χ3v) is 4.32. The summed E-state index contributed by atoms with van der Waals surface area (Å²) in [6.07, 6.45) is 0. The fraction of sp³-hybridized carbons (Fsp3) is 0.364. The second kappa shape index (κ2) is 6.09. The topological polar surface area (TPSA) is 66.9 Å². The molecular weight excluding hydrogens is 275 g/mol. The summed E-state index contributed by atoms with van der Waals surface area (Å²) in [5, 5.41) is 0.927. The summed E-state index contributed by atoms with van der Waals surface area (Å²) in [5.41, 5.74) is 0. The summed E-state index contributed by atoms with van der Waals surface area (Å²) in [5.74, 6) is -1.05. The summed E-state index contributed by atoms with van der Waals surface area (Å²) < 4.78 is 37.8. The zero-order chi connectivity index (χ0) is 14.6. The number of likely N-dealkylation sites (N-methyl/N-ethyl adjacent to an activating group) is 2. The zero-order valence-electron chi connectivity index (χ0n) is 10.8. The van der Waals surface area contributed by atoms with Crippen molar-refractivity contribution in [2.24, 2.45) is 0 Å². The van der Waals surface area contributed by atoms with E-state index >= 15 is 0 Å². The Hall–Kier alpha value is -1.51. The molecule has 8 heteroatoms. The molecule has 0 unspecified atom stereocenters. The molecule has 0 saturated heterocycles. The Kier molecular flexibility index (Phi) is 4.98. The lowest BCUT2D eigenvalue weighted by atomic mass is 10.4. The lowest BCUT2D eigenvalue weighted by Crippen LogP contribution is -2.38. The molecule has 0 N–H and O–H groups in total. The van der Waals surface area contributed by atoms with Crippen molar-refractivity contribution in [3.8, 4) is 0 Å². The van der Waals surface area contributed by atoms with Crippen molar-refractivity contribution in [2.75, 3.05) is 27.7 Å². The largest absolute Gasteiger partial charge is 0.275 e. The quantitative estimate of drug-likeness (QED) is 0.739. The highest BCUT2D eigenvalue weighted by Gasteiger charge is 2.24. The van der Waals surface area contributed by atoms with Gasteiger partial charge < -0.3 is 0 Å². The average molecular weight is 290 g/mol. The summed E-state index contributed by atoms with van der Waals surface area (Å²) in [6, 6.07) is 4.38. The molecule has 19 heavy (non-hydrogen) atoms. The molecule has 0 saturated carbocycles. The van der Waals surface area contributed by atoms with E-state index in [9.17, 15) is 17.6 Å². The van der Waals surface area contributed by atoms with Gasteiger partial charge in [0.15, 0.2) is 0 Å². The van der Waals surface area contributed by atoms with Gasteiger partial charge in [-0.2, -0.15) is 4.31 Å². The molecule has 1 rings (SSSR count). The van der Waals surface area contributed by atoms with Crippen molar-refractivity contribution in [2.45, 2.75) is 4.90 Å². The number of halogens is 1. The van der Waals surface area contributed by atoms with Crippen LogP contribution >= 0.6 is 0 Å². The Bertz CT molecular complexity index is 544. The fourth-order valence-corrected chi connectivity index (χ4v) is 2.38. The van der Waals surface area contributed by atoms with E-state index in [4.69, 9.17) is 0 Å². The number of benzene rings is 1. The lowest BCUT2D eigenvalue weighted by molar-refractivity contribution is -0.168. The minimum absolute atomic E-state index is 0.0794. The second-order valence-electron chi connectivity index (χ2n) is 3.79. The maximum Gasteiger partial charge on any atom is 0.261 e. The molecule has 0 aliphatic carbocycles. The highest BCUT2D eigenvalue weighted by molar-refractivity contribution is 7.89. The van der Waals surface area contributed by atoms with Crippen molar-refractivity contribution in [3.05, 3.63) is 30.1 Å². The van der Waals surface area contributed by atoms with E-state index < -0.39 is 21.7 Å². The van der Waals surface area contributed by atoms with Gasteiger partial charge in [-0.15, -0.1) is 0 Å². The maximum absolute atomic E-state index is 12.8. The van der Waals surface area contributed by atoms with Crippen molar-refractivity contribution < 1.29 is 22.4 Å². The standard InChI is InChI=1S/C11H15FN2O4S/c1-13(8-11(15)14(2)18-3)19(16,17)10-6-4-9(12)5-7-10/h4-7H,8H2,1-3H3. The molecule has 0 radical (unpaired) electrons. The van der Waals surface area contributed by atoms with Crippen LogP contribution in [0.15, 0.2) is 29.2 Å². The van der Waals surface area contributed by atoms with Crippen LogP contribution in [0.5, 0.6) is 0 Å². The predicted octanol–water partition coefficient (Wildman–Crippen LogP) is 0.466. The summed E-state index contributed by atoms with van der Waals surface area (Å²) in [6.45, 7) is -0.371.